The molecule has 0 radical (unpaired) electrons. The maximum atomic E-state index is 13.5. The number of carbonyl (C=O) groups excluding carboxylic acids is 2. The van der Waals surface area contributed by atoms with Gasteiger partial charge in [-0.2, -0.15) is 0 Å². The Labute approximate surface area is 194 Å². The van der Waals surface area contributed by atoms with Crippen LogP contribution in [0.4, 0.5) is 0 Å². The monoisotopic (exact) mass is 443 g/mol. The number of nitrogens with zero attached hydrogens (tertiary/aromatic N) is 3. The Morgan fingerprint density at radius 3 is 2.58 bits per heavy atom. The molecule has 1 aliphatic rings. The van der Waals surface area contributed by atoms with Crippen molar-refractivity contribution in [2.45, 2.75) is 19.8 Å². The summed E-state index contributed by atoms with van der Waals surface area (Å²) in [5, 5.41) is 9.76. The first-order chi connectivity index (χ1) is 16.1. The summed E-state index contributed by atoms with van der Waals surface area (Å²) in [4.78, 5) is 34.2. The Kier molecular flexibility index (Phi) is 7.03. The van der Waals surface area contributed by atoms with Gasteiger partial charge in [0.2, 0.25) is 5.91 Å². The standard InChI is InChI=1S/C27H29N3O3/c1-2-12-29-13-14-30(26(32)22-16-24(31)18-28-17-22)19-23(27(29)33)15-21-10-6-7-11-25(21)20-8-4-3-5-9-20/h3-11,16-18,23,31H,2,12-15,19H2,1H3/t23-/m0/s1. The molecule has 0 spiro atoms. The van der Waals surface area contributed by atoms with Crippen LogP contribution in [0.3, 0.4) is 0 Å². The SMILES string of the molecule is CCCN1CCN(C(=O)c2cncc(O)c2)C[C@H](Cc2ccccc2-c2ccccc2)C1=O. The Bertz CT molecular complexity index is 1120. The second kappa shape index (κ2) is 10.3. The van der Waals surface area contributed by atoms with Crippen LogP contribution in [0.1, 0.15) is 29.3 Å². The number of aromatic hydroxyl groups is 1. The zero-order valence-electron chi connectivity index (χ0n) is 18.9. The fourth-order valence-electron chi connectivity index (χ4n) is 4.46. The third-order valence-electron chi connectivity index (χ3n) is 6.06. The second-order valence-electron chi connectivity index (χ2n) is 8.43. The van der Waals surface area contributed by atoms with E-state index >= 15 is 0 Å². The number of amides is 2. The molecule has 2 heterocycles. The van der Waals surface area contributed by atoms with Gasteiger partial charge in [0.05, 0.1) is 17.7 Å². The summed E-state index contributed by atoms with van der Waals surface area (Å²) in [5.74, 6) is -0.527. The van der Waals surface area contributed by atoms with E-state index in [0.717, 1.165) is 23.1 Å². The number of aromatic nitrogens is 1. The van der Waals surface area contributed by atoms with Gasteiger partial charge >= 0.3 is 0 Å². The number of hydrogen-bond acceptors (Lipinski definition) is 4. The smallest absolute Gasteiger partial charge is 0.255 e. The molecule has 0 saturated carbocycles. The van der Waals surface area contributed by atoms with Crippen molar-refractivity contribution < 1.29 is 14.7 Å². The minimum absolute atomic E-state index is 0.0484. The normalized spacial score (nSPS) is 16.5. The lowest BCUT2D eigenvalue weighted by Gasteiger charge is -2.24. The molecule has 0 bridgehead atoms. The third-order valence-corrected chi connectivity index (χ3v) is 6.06. The maximum Gasteiger partial charge on any atom is 0.255 e. The first-order valence-electron chi connectivity index (χ1n) is 11.4. The van der Waals surface area contributed by atoms with E-state index < -0.39 is 0 Å². The van der Waals surface area contributed by atoms with Crippen LogP contribution in [0.2, 0.25) is 0 Å². The highest BCUT2D eigenvalue weighted by Crippen LogP contribution is 2.27. The van der Waals surface area contributed by atoms with E-state index in [-0.39, 0.29) is 23.5 Å². The summed E-state index contributed by atoms with van der Waals surface area (Å²) in [6, 6.07) is 19.7. The number of benzene rings is 2. The van der Waals surface area contributed by atoms with E-state index in [1.807, 2.05) is 35.2 Å². The molecule has 33 heavy (non-hydrogen) atoms. The van der Waals surface area contributed by atoms with Gasteiger partial charge in [-0.3, -0.25) is 14.6 Å². The van der Waals surface area contributed by atoms with Crippen molar-refractivity contribution in [3.05, 3.63) is 84.2 Å². The summed E-state index contributed by atoms with van der Waals surface area (Å²) in [6.07, 6.45) is 4.17. The quantitative estimate of drug-likeness (QED) is 0.625. The van der Waals surface area contributed by atoms with Crippen molar-refractivity contribution in [1.82, 2.24) is 14.8 Å². The molecule has 1 aliphatic heterocycles. The largest absolute Gasteiger partial charge is 0.506 e. The van der Waals surface area contributed by atoms with Gasteiger partial charge in [-0.15, -0.1) is 0 Å². The molecule has 2 amide bonds. The van der Waals surface area contributed by atoms with E-state index in [1.165, 1.54) is 18.5 Å². The number of pyridine rings is 1. The van der Waals surface area contributed by atoms with E-state index in [2.05, 4.69) is 36.2 Å². The topological polar surface area (TPSA) is 73.7 Å². The first-order valence-corrected chi connectivity index (χ1v) is 11.4. The van der Waals surface area contributed by atoms with Gasteiger partial charge in [-0.05, 0) is 35.6 Å². The third kappa shape index (κ3) is 5.22. The van der Waals surface area contributed by atoms with Crippen LogP contribution < -0.4 is 0 Å². The molecule has 1 saturated heterocycles. The van der Waals surface area contributed by atoms with Crippen molar-refractivity contribution in [2.24, 2.45) is 5.92 Å². The van der Waals surface area contributed by atoms with Crippen LogP contribution in [0.25, 0.3) is 11.1 Å². The molecular formula is C27H29N3O3. The molecule has 170 valence electrons. The van der Waals surface area contributed by atoms with Crippen LogP contribution >= 0.6 is 0 Å². The van der Waals surface area contributed by atoms with Gasteiger partial charge in [-0.1, -0.05) is 61.5 Å². The van der Waals surface area contributed by atoms with E-state index in [4.69, 9.17) is 0 Å². The molecule has 6 heteroatoms. The number of carbonyl (C=O) groups is 2. The first kappa shape index (κ1) is 22.5. The lowest BCUT2D eigenvalue weighted by molar-refractivity contribution is -0.134. The van der Waals surface area contributed by atoms with Gasteiger partial charge in [0.25, 0.3) is 5.91 Å². The minimum Gasteiger partial charge on any atom is -0.506 e. The molecule has 1 N–H and O–H groups in total. The molecule has 6 nitrogen and oxygen atoms in total. The molecule has 4 rings (SSSR count). The van der Waals surface area contributed by atoms with Gasteiger partial charge in [0.1, 0.15) is 5.75 Å². The summed E-state index contributed by atoms with van der Waals surface area (Å²) in [6.45, 7) is 4.01. The number of hydrogen-bond donors (Lipinski definition) is 1. The van der Waals surface area contributed by atoms with Crippen molar-refractivity contribution >= 4 is 11.8 Å². The van der Waals surface area contributed by atoms with Crippen LogP contribution in [-0.2, 0) is 11.2 Å². The highest BCUT2D eigenvalue weighted by molar-refractivity contribution is 5.95. The summed E-state index contributed by atoms with van der Waals surface area (Å²) < 4.78 is 0. The zero-order chi connectivity index (χ0) is 23.2. The lowest BCUT2D eigenvalue weighted by Crippen LogP contribution is -2.38. The minimum atomic E-state index is -0.349. The van der Waals surface area contributed by atoms with Crippen LogP contribution in [0, 0.1) is 5.92 Å². The second-order valence-corrected chi connectivity index (χ2v) is 8.43. The predicted octanol–water partition coefficient (Wildman–Crippen LogP) is 4.01. The Morgan fingerprint density at radius 1 is 1.06 bits per heavy atom. The van der Waals surface area contributed by atoms with Gasteiger partial charge in [-0.25, -0.2) is 0 Å². The van der Waals surface area contributed by atoms with Crippen molar-refractivity contribution in [3.8, 4) is 16.9 Å². The fourth-order valence-corrected chi connectivity index (χ4v) is 4.46. The van der Waals surface area contributed by atoms with E-state index in [1.54, 1.807) is 4.90 Å². The summed E-state index contributed by atoms with van der Waals surface area (Å²) in [5.41, 5.74) is 3.63. The molecule has 0 unspecified atom stereocenters. The average Bonchev–Trinajstić information content (AvgIpc) is 2.99. The van der Waals surface area contributed by atoms with E-state index in [0.29, 0.717) is 38.2 Å². The molecule has 1 atom stereocenters. The maximum absolute atomic E-state index is 13.5. The van der Waals surface area contributed by atoms with Gasteiger partial charge in [0, 0.05) is 32.4 Å². The van der Waals surface area contributed by atoms with Crippen molar-refractivity contribution in [2.75, 3.05) is 26.2 Å². The molecule has 1 aromatic heterocycles. The van der Waals surface area contributed by atoms with Crippen LogP contribution in [-0.4, -0.2) is 57.9 Å². The Morgan fingerprint density at radius 2 is 1.82 bits per heavy atom. The fraction of sp³-hybridized carbons (Fsp3) is 0.296. The highest BCUT2D eigenvalue weighted by Gasteiger charge is 2.33. The van der Waals surface area contributed by atoms with Gasteiger partial charge < -0.3 is 14.9 Å². The lowest BCUT2D eigenvalue weighted by atomic mass is 9.91. The van der Waals surface area contributed by atoms with Gasteiger partial charge in [0.15, 0.2) is 0 Å². The molecule has 2 aromatic carbocycles. The molecular weight excluding hydrogens is 414 g/mol. The molecule has 3 aromatic rings. The summed E-state index contributed by atoms with van der Waals surface area (Å²) >= 11 is 0. The highest BCUT2D eigenvalue weighted by atomic mass is 16.3. The van der Waals surface area contributed by atoms with Crippen LogP contribution in [0.5, 0.6) is 5.75 Å². The summed E-state index contributed by atoms with van der Waals surface area (Å²) in [7, 11) is 0. The number of rotatable bonds is 6. The predicted molar refractivity (Wildman–Crippen MR) is 128 cm³/mol. The van der Waals surface area contributed by atoms with Crippen molar-refractivity contribution in [1.29, 1.82) is 0 Å². The Hall–Kier alpha value is -3.67. The van der Waals surface area contributed by atoms with E-state index in [9.17, 15) is 14.7 Å². The average molecular weight is 444 g/mol. The zero-order valence-corrected chi connectivity index (χ0v) is 18.9. The molecule has 0 aliphatic carbocycles. The van der Waals surface area contributed by atoms with Crippen molar-refractivity contribution in [3.63, 3.8) is 0 Å². The Balaban J connectivity index is 1.64. The molecule has 1 fully saturated rings. The van der Waals surface area contributed by atoms with Crippen LogP contribution in [0.15, 0.2) is 73.1 Å².